The largest absolute Gasteiger partial charge is 0.573 e. The maximum absolute atomic E-state index is 13.4. The molecular weight excluding hydrogens is 583 g/mol. The van der Waals surface area contributed by atoms with Gasteiger partial charge in [0.1, 0.15) is 18.1 Å². The Morgan fingerprint density at radius 1 is 0.837 bits per heavy atom. The van der Waals surface area contributed by atoms with Gasteiger partial charge in [0.25, 0.3) is 0 Å². The van der Waals surface area contributed by atoms with Crippen LogP contribution < -0.4 is 19.1 Å². The molecule has 1 N–H and O–H groups in total. The summed E-state index contributed by atoms with van der Waals surface area (Å²) in [6, 6.07) is 14.9. The summed E-state index contributed by atoms with van der Waals surface area (Å²) in [5.41, 5.74) is 1.72. The molecule has 0 bridgehead atoms. The predicted molar refractivity (Wildman–Crippen MR) is 153 cm³/mol. The van der Waals surface area contributed by atoms with Crippen LogP contribution in [0, 0.1) is 0 Å². The Morgan fingerprint density at radius 2 is 1.42 bits per heavy atom. The monoisotopic (exact) mass is 621 g/mol. The Hall–Kier alpha value is -3.67. The molecule has 1 aliphatic rings. The fourth-order valence-electron chi connectivity index (χ4n) is 4.06. The lowest BCUT2D eigenvalue weighted by Gasteiger charge is -2.39. The lowest BCUT2D eigenvalue weighted by Crippen LogP contribution is -2.38. The molecule has 0 fully saturated rings. The van der Waals surface area contributed by atoms with E-state index in [1.54, 1.807) is 35.2 Å². The van der Waals surface area contributed by atoms with Gasteiger partial charge in [-0.1, -0.05) is 77.9 Å². The van der Waals surface area contributed by atoms with Gasteiger partial charge >= 0.3 is 18.9 Å². The van der Waals surface area contributed by atoms with Crippen molar-refractivity contribution in [3.63, 3.8) is 0 Å². The lowest BCUT2D eigenvalue weighted by atomic mass is 9.98. The number of anilines is 1. The minimum Gasteiger partial charge on any atom is -0.488 e. The molecule has 0 radical (unpaired) electrons. The summed E-state index contributed by atoms with van der Waals surface area (Å²) < 4.78 is 104. The number of rotatable bonds is 8. The molecule has 4 rings (SSSR count). The summed E-state index contributed by atoms with van der Waals surface area (Å²) in [6.45, 7) is 11.7. The van der Waals surface area contributed by atoms with Crippen LogP contribution in [0.25, 0.3) is 11.1 Å². The molecule has 12 heteroatoms. The van der Waals surface area contributed by atoms with Crippen molar-refractivity contribution in [1.29, 1.82) is 0 Å². The second-order valence-corrected chi connectivity index (χ2v) is 8.01. The molecule has 240 valence electrons. The number of halogens is 7. The Labute approximate surface area is 247 Å². The number of hydrogen-bond acceptors (Lipinski definition) is 5. The van der Waals surface area contributed by atoms with Crippen molar-refractivity contribution in [1.82, 2.24) is 0 Å². The number of β-amino-alcohol motifs (C(OH)–C–C–N with tert-alkyl or cyclic N) is 1. The van der Waals surface area contributed by atoms with Gasteiger partial charge in [-0.25, -0.2) is 0 Å². The summed E-state index contributed by atoms with van der Waals surface area (Å²) in [4.78, 5) is 1.72. The number of fused-ring (bicyclic) bond motifs is 1. The van der Waals surface area contributed by atoms with Crippen LogP contribution in [0.2, 0.25) is 0 Å². The van der Waals surface area contributed by atoms with Crippen molar-refractivity contribution in [2.75, 3.05) is 24.7 Å². The van der Waals surface area contributed by atoms with E-state index in [1.807, 2.05) is 41.5 Å². The van der Waals surface area contributed by atoms with Crippen LogP contribution >= 0.6 is 0 Å². The SMILES string of the molecule is CC.CC.CC.OCCN1c2cccc(-c3cccc(OC(F)(F)F)c3)c2OCC1c1cccc(OC(F)(F)C(F)F)c1. The molecule has 3 aromatic rings. The van der Waals surface area contributed by atoms with Crippen molar-refractivity contribution in [3.05, 3.63) is 72.3 Å². The van der Waals surface area contributed by atoms with E-state index >= 15 is 0 Å². The smallest absolute Gasteiger partial charge is 0.488 e. The van der Waals surface area contributed by atoms with Crippen LogP contribution in [0.15, 0.2) is 66.7 Å². The van der Waals surface area contributed by atoms with Crippen molar-refractivity contribution >= 4 is 5.69 Å². The van der Waals surface area contributed by atoms with Gasteiger partial charge in [-0.05, 0) is 41.5 Å². The highest BCUT2D eigenvalue weighted by molar-refractivity contribution is 5.80. The number of hydrogen-bond donors (Lipinski definition) is 1. The van der Waals surface area contributed by atoms with Gasteiger partial charge in [0.15, 0.2) is 5.75 Å². The molecule has 0 spiro atoms. The highest BCUT2D eigenvalue weighted by atomic mass is 19.4. The van der Waals surface area contributed by atoms with Gasteiger partial charge in [0.05, 0.1) is 18.3 Å². The third kappa shape index (κ3) is 10.2. The van der Waals surface area contributed by atoms with E-state index in [2.05, 4.69) is 9.47 Å². The van der Waals surface area contributed by atoms with Crippen LogP contribution in [-0.4, -0.2) is 43.8 Å². The number of benzene rings is 3. The number of aliphatic hydroxyl groups excluding tert-OH is 1. The number of nitrogens with zero attached hydrogens (tertiary/aromatic N) is 1. The molecule has 1 aliphatic heterocycles. The highest BCUT2D eigenvalue weighted by Gasteiger charge is 2.44. The third-order valence-corrected chi connectivity index (χ3v) is 5.54. The summed E-state index contributed by atoms with van der Waals surface area (Å²) in [6.07, 6.45) is -13.6. The molecule has 1 heterocycles. The zero-order chi connectivity index (χ0) is 32.8. The van der Waals surface area contributed by atoms with Gasteiger partial charge in [-0.15, -0.1) is 13.2 Å². The topological polar surface area (TPSA) is 51.2 Å². The number of alkyl halides is 7. The van der Waals surface area contributed by atoms with E-state index < -0.39 is 36.4 Å². The van der Waals surface area contributed by atoms with Crippen LogP contribution in [0.3, 0.4) is 0 Å². The Morgan fingerprint density at radius 3 is 2.00 bits per heavy atom. The van der Waals surface area contributed by atoms with Crippen LogP contribution in [0.5, 0.6) is 17.2 Å². The molecule has 0 amide bonds. The van der Waals surface area contributed by atoms with E-state index in [-0.39, 0.29) is 19.8 Å². The predicted octanol–water partition coefficient (Wildman–Crippen LogP) is 9.50. The van der Waals surface area contributed by atoms with E-state index in [4.69, 9.17) is 4.74 Å². The van der Waals surface area contributed by atoms with Crippen molar-refractivity contribution in [2.45, 2.75) is 66.5 Å². The van der Waals surface area contributed by atoms with Crippen LogP contribution in [0.4, 0.5) is 36.4 Å². The van der Waals surface area contributed by atoms with Gasteiger partial charge in [0, 0.05) is 12.1 Å². The van der Waals surface area contributed by atoms with E-state index in [0.717, 1.165) is 12.1 Å². The molecule has 43 heavy (non-hydrogen) atoms. The van der Waals surface area contributed by atoms with E-state index in [1.165, 1.54) is 24.3 Å². The van der Waals surface area contributed by atoms with Crippen molar-refractivity contribution < 1.29 is 50.1 Å². The summed E-state index contributed by atoms with van der Waals surface area (Å²) in [7, 11) is 0. The minimum atomic E-state index is -4.87. The molecule has 0 aromatic heterocycles. The maximum atomic E-state index is 13.4. The van der Waals surface area contributed by atoms with Crippen molar-refractivity contribution in [3.8, 4) is 28.4 Å². The lowest BCUT2D eigenvalue weighted by molar-refractivity contribution is -0.274. The number of para-hydroxylation sites is 1. The van der Waals surface area contributed by atoms with Gasteiger partial charge < -0.3 is 24.2 Å². The van der Waals surface area contributed by atoms with Crippen molar-refractivity contribution in [2.24, 2.45) is 0 Å². The molecule has 0 saturated heterocycles. The summed E-state index contributed by atoms with van der Waals surface area (Å²) in [5, 5.41) is 9.70. The zero-order valence-corrected chi connectivity index (χ0v) is 24.9. The standard InChI is InChI=1S/C25H20F7NO4.3C2H6/c26-23(27)24(28,29)36-17-6-2-5-16(13-17)21-14-35-22-19(8-3-9-20(22)33(21)10-11-34)15-4-1-7-18(12-15)37-25(30,31)32;3*1-2/h1-9,12-13,21,23,34H,10-11,14H2;3*1-2H3. The van der Waals surface area contributed by atoms with Gasteiger partial charge in [-0.2, -0.15) is 17.6 Å². The second-order valence-electron chi connectivity index (χ2n) is 8.01. The van der Waals surface area contributed by atoms with Gasteiger partial charge in [0.2, 0.25) is 0 Å². The molecule has 1 atom stereocenters. The Kier molecular flexibility index (Phi) is 15.2. The Balaban J connectivity index is 0.00000145. The number of ether oxygens (including phenoxy) is 3. The third-order valence-electron chi connectivity index (χ3n) is 5.54. The molecule has 3 aromatic carbocycles. The average Bonchev–Trinajstić information content (AvgIpc) is 2.99. The second kappa shape index (κ2) is 17.4. The maximum Gasteiger partial charge on any atom is 0.573 e. The first-order chi connectivity index (χ1) is 20.5. The Bertz CT molecular complexity index is 1240. The van der Waals surface area contributed by atoms with Crippen LogP contribution in [-0.2, 0) is 0 Å². The first-order valence-corrected chi connectivity index (χ1v) is 13.9. The fraction of sp³-hybridized carbons (Fsp3) is 0.419. The molecule has 0 aliphatic carbocycles. The number of aliphatic hydroxyl groups is 1. The first kappa shape index (κ1) is 37.4. The van der Waals surface area contributed by atoms with E-state index in [9.17, 15) is 35.8 Å². The fourth-order valence-corrected chi connectivity index (χ4v) is 4.06. The average molecular weight is 622 g/mol. The zero-order valence-electron chi connectivity index (χ0n) is 24.9. The minimum absolute atomic E-state index is 0.0442. The van der Waals surface area contributed by atoms with E-state index in [0.29, 0.717) is 28.1 Å². The summed E-state index contributed by atoms with van der Waals surface area (Å²) in [5.74, 6) is -0.568. The molecule has 1 unspecified atom stereocenters. The molecule has 0 saturated carbocycles. The molecular formula is C31H38F7NO4. The normalized spacial score (nSPS) is 14.0. The summed E-state index contributed by atoms with van der Waals surface area (Å²) >= 11 is 0. The quantitative estimate of drug-likeness (QED) is 0.254. The van der Waals surface area contributed by atoms with Gasteiger partial charge in [-0.3, -0.25) is 0 Å². The van der Waals surface area contributed by atoms with Crippen LogP contribution in [0.1, 0.15) is 53.1 Å². The molecule has 5 nitrogen and oxygen atoms in total. The first-order valence-electron chi connectivity index (χ1n) is 13.9. The highest BCUT2D eigenvalue weighted by Crippen LogP contribution is 2.46.